The number of carboxylic acids is 1. The predicted molar refractivity (Wildman–Crippen MR) is 113 cm³/mol. The first-order valence-electron chi connectivity index (χ1n) is 10.3. The van der Waals surface area contributed by atoms with Gasteiger partial charge < -0.3 is 24.5 Å². The molecule has 5 rings (SSSR count). The fourth-order valence-electron chi connectivity index (χ4n) is 4.35. The largest absolute Gasteiger partial charge is 0.485 e. The number of fused-ring (bicyclic) bond motifs is 2. The van der Waals surface area contributed by atoms with Crippen LogP contribution in [0.25, 0.3) is 10.9 Å². The van der Waals surface area contributed by atoms with Gasteiger partial charge in [-0.05, 0) is 18.2 Å². The van der Waals surface area contributed by atoms with E-state index in [4.69, 9.17) is 9.47 Å². The van der Waals surface area contributed by atoms with Gasteiger partial charge in [0, 0.05) is 48.8 Å². The number of carbonyl (C=O) groups excluding carboxylic acids is 1. The van der Waals surface area contributed by atoms with Gasteiger partial charge in [-0.15, -0.1) is 0 Å². The molecule has 2 aromatic carbocycles. The lowest BCUT2D eigenvalue weighted by Crippen LogP contribution is -2.55. The smallest absolute Gasteiger partial charge is 0.325 e. The average molecular weight is 421 g/mol. The minimum absolute atomic E-state index is 0.131. The van der Waals surface area contributed by atoms with Crippen LogP contribution in [0.15, 0.2) is 54.7 Å². The molecule has 3 aromatic rings. The second kappa shape index (κ2) is 7.96. The third kappa shape index (κ3) is 3.59. The van der Waals surface area contributed by atoms with E-state index in [1.165, 1.54) is 0 Å². The summed E-state index contributed by atoms with van der Waals surface area (Å²) in [5.74, 6) is 0.175. The van der Waals surface area contributed by atoms with E-state index in [0.29, 0.717) is 37.7 Å². The Labute approximate surface area is 179 Å². The van der Waals surface area contributed by atoms with Crippen molar-refractivity contribution < 1.29 is 24.2 Å². The average Bonchev–Trinajstić information content (AvgIpc) is 3.22. The third-order valence-corrected chi connectivity index (χ3v) is 5.92. The topological polar surface area (TPSA) is 95.1 Å². The molecule has 0 aliphatic carbocycles. The van der Waals surface area contributed by atoms with Crippen LogP contribution in [0.3, 0.4) is 0 Å². The fraction of sp³-hybridized carbons (Fsp3) is 0.304. The lowest BCUT2D eigenvalue weighted by Gasteiger charge is -2.39. The van der Waals surface area contributed by atoms with Gasteiger partial charge in [-0.25, -0.2) is 0 Å². The number of rotatable bonds is 4. The number of benzene rings is 2. The Balaban J connectivity index is 1.27. The maximum atomic E-state index is 13.0. The van der Waals surface area contributed by atoms with Crippen molar-refractivity contribution in [1.82, 2.24) is 14.8 Å². The van der Waals surface area contributed by atoms with Crippen molar-refractivity contribution in [2.24, 2.45) is 0 Å². The number of hydrogen-bond donors (Lipinski definition) is 2. The molecule has 1 saturated heterocycles. The van der Waals surface area contributed by atoms with E-state index in [9.17, 15) is 14.7 Å². The van der Waals surface area contributed by atoms with E-state index in [2.05, 4.69) is 4.98 Å². The first kappa shape index (κ1) is 19.4. The van der Waals surface area contributed by atoms with Crippen molar-refractivity contribution in [2.75, 3.05) is 32.8 Å². The summed E-state index contributed by atoms with van der Waals surface area (Å²) >= 11 is 0. The van der Waals surface area contributed by atoms with E-state index in [1.807, 2.05) is 47.4 Å². The standard InChI is InChI=1S/C23H23N3O5/c27-22(20-14-30-18-7-3-4-8-19(18)31-20)26-11-9-25(10-12-26)21(23(28)29)16-13-24-17-6-2-1-5-15(16)17/h1-8,13,20-21,24H,9-12,14H2,(H,28,29)/t20-,21+/m1/s1. The number of H-pyrrole nitrogens is 1. The minimum atomic E-state index is -0.898. The molecule has 2 aliphatic heterocycles. The SMILES string of the molecule is O=C(O)[C@H](c1c[nH]c2ccccc12)N1CCN(C(=O)[C@H]2COc3ccccc3O2)CC1. The van der Waals surface area contributed by atoms with Crippen molar-refractivity contribution in [3.05, 3.63) is 60.3 Å². The van der Waals surface area contributed by atoms with Gasteiger partial charge in [-0.2, -0.15) is 0 Å². The summed E-state index contributed by atoms with van der Waals surface area (Å²) < 4.78 is 11.5. The number of carboxylic acid groups (broad SMARTS) is 1. The number of nitrogens with one attached hydrogen (secondary N) is 1. The van der Waals surface area contributed by atoms with Crippen LogP contribution in [0, 0.1) is 0 Å². The lowest BCUT2D eigenvalue weighted by molar-refractivity contribution is -0.147. The van der Waals surface area contributed by atoms with Crippen LogP contribution in [0.1, 0.15) is 11.6 Å². The predicted octanol–water partition coefficient (Wildman–Crippen LogP) is 2.28. The van der Waals surface area contributed by atoms with Crippen LogP contribution in [0.4, 0.5) is 0 Å². The van der Waals surface area contributed by atoms with Crippen LogP contribution in [-0.4, -0.2) is 70.7 Å². The molecule has 2 atom stereocenters. The molecule has 3 heterocycles. The summed E-state index contributed by atoms with van der Waals surface area (Å²) in [6.07, 6.45) is 1.08. The molecule has 0 saturated carbocycles. The van der Waals surface area contributed by atoms with Gasteiger partial charge in [0.15, 0.2) is 11.5 Å². The van der Waals surface area contributed by atoms with Crippen molar-refractivity contribution >= 4 is 22.8 Å². The molecule has 2 aliphatic rings. The summed E-state index contributed by atoms with van der Waals surface area (Å²) in [4.78, 5) is 31.9. The molecule has 0 unspecified atom stereocenters. The van der Waals surface area contributed by atoms with Gasteiger partial charge in [0.1, 0.15) is 12.6 Å². The summed E-state index contributed by atoms with van der Waals surface area (Å²) in [5, 5.41) is 10.9. The number of piperazine rings is 1. The Morgan fingerprint density at radius 1 is 1.00 bits per heavy atom. The lowest BCUT2D eigenvalue weighted by atomic mass is 10.0. The van der Waals surface area contributed by atoms with Crippen molar-refractivity contribution in [1.29, 1.82) is 0 Å². The van der Waals surface area contributed by atoms with Gasteiger partial charge in [0.05, 0.1) is 0 Å². The number of ether oxygens (including phenoxy) is 2. The van der Waals surface area contributed by atoms with Crippen LogP contribution in [0.2, 0.25) is 0 Å². The zero-order valence-corrected chi connectivity index (χ0v) is 16.9. The highest BCUT2D eigenvalue weighted by Crippen LogP contribution is 2.32. The quantitative estimate of drug-likeness (QED) is 0.671. The van der Waals surface area contributed by atoms with E-state index in [0.717, 1.165) is 16.5 Å². The molecule has 2 N–H and O–H groups in total. The number of aliphatic carboxylic acids is 1. The Kier molecular flexibility index (Phi) is 4.99. The van der Waals surface area contributed by atoms with Crippen molar-refractivity contribution in [3.8, 4) is 11.5 Å². The highest BCUT2D eigenvalue weighted by Gasteiger charge is 2.36. The van der Waals surface area contributed by atoms with Gasteiger partial charge in [0.2, 0.25) is 6.10 Å². The zero-order chi connectivity index (χ0) is 21.4. The second-order valence-corrected chi connectivity index (χ2v) is 7.76. The maximum absolute atomic E-state index is 13.0. The van der Waals surface area contributed by atoms with Crippen molar-refractivity contribution in [2.45, 2.75) is 12.1 Å². The van der Waals surface area contributed by atoms with Gasteiger partial charge in [0.25, 0.3) is 5.91 Å². The van der Waals surface area contributed by atoms with E-state index in [-0.39, 0.29) is 12.5 Å². The molecular formula is C23H23N3O5. The molecule has 0 spiro atoms. The van der Waals surface area contributed by atoms with Gasteiger partial charge in [-0.1, -0.05) is 30.3 Å². The van der Waals surface area contributed by atoms with E-state index in [1.54, 1.807) is 17.2 Å². The molecule has 31 heavy (non-hydrogen) atoms. The number of aromatic amines is 1. The molecular weight excluding hydrogens is 398 g/mol. The number of aromatic nitrogens is 1. The number of nitrogens with zero attached hydrogens (tertiary/aromatic N) is 2. The zero-order valence-electron chi connectivity index (χ0n) is 16.9. The molecule has 1 fully saturated rings. The van der Waals surface area contributed by atoms with Gasteiger partial charge >= 0.3 is 5.97 Å². The monoisotopic (exact) mass is 421 g/mol. The molecule has 0 radical (unpaired) electrons. The Morgan fingerprint density at radius 2 is 1.71 bits per heavy atom. The van der Waals surface area contributed by atoms with Crippen LogP contribution in [-0.2, 0) is 9.59 Å². The molecule has 1 aromatic heterocycles. The van der Waals surface area contributed by atoms with E-state index < -0.39 is 18.1 Å². The minimum Gasteiger partial charge on any atom is -0.485 e. The number of hydrogen-bond acceptors (Lipinski definition) is 5. The summed E-state index contributed by atoms with van der Waals surface area (Å²) in [6.45, 7) is 1.97. The molecule has 8 heteroatoms. The van der Waals surface area contributed by atoms with Crippen molar-refractivity contribution in [3.63, 3.8) is 0 Å². The first-order valence-corrected chi connectivity index (χ1v) is 10.3. The van der Waals surface area contributed by atoms with Crippen LogP contribution in [0.5, 0.6) is 11.5 Å². The van der Waals surface area contributed by atoms with Crippen LogP contribution >= 0.6 is 0 Å². The van der Waals surface area contributed by atoms with Crippen LogP contribution < -0.4 is 9.47 Å². The summed E-state index contributed by atoms with van der Waals surface area (Å²) in [5.41, 5.74) is 1.65. The summed E-state index contributed by atoms with van der Waals surface area (Å²) in [7, 11) is 0. The highest BCUT2D eigenvalue weighted by molar-refractivity contribution is 5.89. The normalized spacial score (nSPS) is 19.9. The summed E-state index contributed by atoms with van der Waals surface area (Å²) in [6, 6.07) is 14.2. The second-order valence-electron chi connectivity index (χ2n) is 7.76. The Hall–Kier alpha value is -3.52. The third-order valence-electron chi connectivity index (χ3n) is 5.92. The molecule has 0 bridgehead atoms. The maximum Gasteiger partial charge on any atom is 0.325 e. The fourth-order valence-corrected chi connectivity index (χ4v) is 4.35. The molecule has 160 valence electrons. The Morgan fingerprint density at radius 3 is 2.48 bits per heavy atom. The number of amides is 1. The number of carbonyl (C=O) groups is 2. The highest BCUT2D eigenvalue weighted by atomic mass is 16.6. The molecule has 8 nitrogen and oxygen atoms in total. The Bertz CT molecular complexity index is 1120. The molecule has 1 amide bonds. The first-order chi connectivity index (χ1) is 15.1. The van der Waals surface area contributed by atoms with Gasteiger partial charge in [-0.3, -0.25) is 14.5 Å². The van der Waals surface area contributed by atoms with E-state index >= 15 is 0 Å². The number of para-hydroxylation sites is 3.